The molecule has 80 valence electrons. The van der Waals surface area contributed by atoms with Crippen molar-refractivity contribution < 1.29 is 9.90 Å². The molecule has 2 saturated carbocycles. The van der Waals surface area contributed by atoms with Crippen LogP contribution in [0.2, 0.25) is 0 Å². The zero-order valence-electron chi connectivity index (χ0n) is 8.74. The van der Waals surface area contributed by atoms with Gasteiger partial charge < -0.3 is 9.90 Å². The summed E-state index contributed by atoms with van der Waals surface area (Å²) < 4.78 is 0. The Morgan fingerprint density at radius 2 is 1.79 bits per heavy atom. The predicted octanol–water partition coefficient (Wildman–Crippen LogP) is 2.30. The molecule has 0 amide bonds. The molecule has 0 heterocycles. The van der Waals surface area contributed by atoms with E-state index >= 15 is 0 Å². The van der Waals surface area contributed by atoms with Gasteiger partial charge >= 0.3 is 0 Å². The van der Waals surface area contributed by atoms with Gasteiger partial charge in [-0.05, 0) is 31.6 Å². The van der Waals surface area contributed by atoms with E-state index in [1.54, 1.807) is 0 Å². The average molecular weight is 196 g/mol. The van der Waals surface area contributed by atoms with Crippen molar-refractivity contribution in [3.63, 3.8) is 0 Å². The minimum atomic E-state index is -0.210. The molecule has 2 unspecified atom stereocenters. The van der Waals surface area contributed by atoms with Gasteiger partial charge in [0.05, 0.1) is 6.10 Å². The lowest BCUT2D eigenvalue weighted by molar-refractivity contribution is -0.124. The van der Waals surface area contributed by atoms with E-state index in [9.17, 15) is 9.90 Å². The van der Waals surface area contributed by atoms with Crippen LogP contribution in [0.1, 0.15) is 51.4 Å². The number of hydrogen-bond donors (Lipinski definition) is 1. The van der Waals surface area contributed by atoms with Gasteiger partial charge in [-0.1, -0.05) is 25.7 Å². The Morgan fingerprint density at radius 3 is 2.29 bits per heavy atom. The van der Waals surface area contributed by atoms with E-state index in [4.69, 9.17) is 0 Å². The third kappa shape index (κ3) is 1.60. The molecule has 0 aromatic carbocycles. The highest BCUT2D eigenvalue weighted by atomic mass is 16.3. The summed E-state index contributed by atoms with van der Waals surface area (Å²) in [5.74, 6) is 0.264. The largest absolute Gasteiger partial charge is 0.393 e. The van der Waals surface area contributed by atoms with Crippen molar-refractivity contribution in [1.82, 2.24) is 0 Å². The Morgan fingerprint density at radius 1 is 1.07 bits per heavy atom. The van der Waals surface area contributed by atoms with Crippen LogP contribution in [-0.4, -0.2) is 17.5 Å². The second-order valence-electron chi connectivity index (χ2n) is 5.02. The van der Waals surface area contributed by atoms with Crippen LogP contribution in [0.4, 0.5) is 0 Å². The molecule has 0 radical (unpaired) electrons. The van der Waals surface area contributed by atoms with Gasteiger partial charge in [0.15, 0.2) is 0 Å². The fourth-order valence-corrected chi connectivity index (χ4v) is 3.40. The van der Waals surface area contributed by atoms with E-state index in [-0.39, 0.29) is 17.4 Å². The molecular formula is C12H20O2. The van der Waals surface area contributed by atoms with Gasteiger partial charge in [0.1, 0.15) is 6.29 Å². The number of carbonyl (C=O) groups is 1. The molecule has 14 heavy (non-hydrogen) atoms. The van der Waals surface area contributed by atoms with Gasteiger partial charge in [0.2, 0.25) is 0 Å². The number of hydrogen-bond acceptors (Lipinski definition) is 2. The fraction of sp³-hybridized carbons (Fsp3) is 0.917. The van der Waals surface area contributed by atoms with Crippen molar-refractivity contribution in [3.8, 4) is 0 Å². The number of carbonyl (C=O) groups excluding carboxylic acids is 1. The Bertz CT molecular complexity index is 206. The second kappa shape index (κ2) is 4.01. The fourth-order valence-electron chi connectivity index (χ4n) is 3.40. The van der Waals surface area contributed by atoms with Crippen LogP contribution in [0.5, 0.6) is 0 Å². The van der Waals surface area contributed by atoms with Gasteiger partial charge in [-0.15, -0.1) is 0 Å². The smallest absolute Gasteiger partial charge is 0.126 e. The summed E-state index contributed by atoms with van der Waals surface area (Å²) in [6, 6.07) is 0. The van der Waals surface area contributed by atoms with Crippen molar-refractivity contribution >= 4 is 6.29 Å². The van der Waals surface area contributed by atoms with E-state index in [2.05, 4.69) is 0 Å². The van der Waals surface area contributed by atoms with Gasteiger partial charge in [0, 0.05) is 5.41 Å². The zero-order chi connectivity index (χ0) is 10.0. The molecule has 2 atom stereocenters. The number of aldehydes is 1. The standard InChI is InChI=1S/C12H20O2/c13-9-12(7-2-1-3-8-12)10-5-4-6-11(10)14/h9-11,14H,1-8H2. The lowest BCUT2D eigenvalue weighted by Gasteiger charge is -2.39. The highest BCUT2D eigenvalue weighted by molar-refractivity contribution is 5.60. The van der Waals surface area contributed by atoms with E-state index in [0.29, 0.717) is 0 Å². The first-order valence-corrected chi connectivity index (χ1v) is 5.93. The predicted molar refractivity (Wildman–Crippen MR) is 54.9 cm³/mol. The number of aliphatic hydroxyl groups is 1. The zero-order valence-corrected chi connectivity index (χ0v) is 8.74. The van der Waals surface area contributed by atoms with E-state index in [1.807, 2.05) is 0 Å². The monoisotopic (exact) mass is 196 g/mol. The van der Waals surface area contributed by atoms with Crippen LogP contribution in [0.3, 0.4) is 0 Å². The molecule has 0 saturated heterocycles. The van der Waals surface area contributed by atoms with Crippen LogP contribution in [0, 0.1) is 11.3 Å². The summed E-state index contributed by atoms with van der Waals surface area (Å²) in [6.07, 6.45) is 9.63. The maximum Gasteiger partial charge on any atom is 0.126 e. The van der Waals surface area contributed by atoms with Crippen LogP contribution in [0.15, 0.2) is 0 Å². The Labute approximate surface area is 85.7 Å². The van der Waals surface area contributed by atoms with Gasteiger partial charge in [-0.3, -0.25) is 0 Å². The van der Waals surface area contributed by atoms with Crippen LogP contribution in [-0.2, 0) is 4.79 Å². The van der Waals surface area contributed by atoms with Crippen molar-refractivity contribution in [1.29, 1.82) is 0 Å². The van der Waals surface area contributed by atoms with E-state index in [0.717, 1.165) is 38.4 Å². The molecule has 2 aliphatic carbocycles. The summed E-state index contributed by atoms with van der Waals surface area (Å²) in [4.78, 5) is 11.3. The molecule has 0 aromatic rings. The van der Waals surface area contributed by atoms with Crippen molar-refractivity contribution in [2.75, 3.05) is 0 Å². The normalized spacial score (nSPS) is 36.9. The summed E-state index contributed by atoms with van der Waals surface area (Å²) in [6.45, 7) is 0. The maximum absolute atomic E-state index is 11.3. The number of aliphatic hydroxyl groups excluding tert-OH is 1. The van der Waals surface area contributed by atoms with E-state index in [1.165, 1.54) is 19.3 Å². The van der Waals surface area contributed by atoms with Crippen LogP contribution < -0.4 is 0 Å². The van der Waals surface area contributed by atoms with Gasteiger partial charge in [-0.25, -0.2) is 0 Å². The Hall–Kier alpha value is -0.370. The minimum absolute atomic E-state index is 0.159. The minimum Gasteiger partial charge on any atom is -0.393 e. The van der Waals surface area contributed by atoms with Gasteiger partial charge in [-0.2, -0.15) is 0 Å². The Kier molecular flexibility index (Phi) is 2.91. The van der Waals surface area contributed by atoms with Crippen molar-refractivity contribution in [2.24, 2.45) is 11.3 Å². The highest BCUT2D eigenvalue weighted by Gasteiger charge is 2.44. The quantitative estimate of drug-likeness (QED) is 0.688. The molecule has 1 N–H and O–H groups in total. The maximum atomic E-state index is 11.3. The summed E-state index contributed by atoms with van der Waals surface area (Å²) in [5, 5.41) is 9.88. The molecule has 0 aliphatic heterocycles. The topological polar surface area (TPSA) is 37.3 Å². The molecule has 2 heteroatoms. The highest BCUT2D eigenvalue weighted by Crippen LogP contribution is 2.47. The first kappa shape index (κ1) is 10.2. The number of rotatable bonds is 2. The third-order valence-electron chi connectivity index (χ3n) is 4.24. The molecule has 2 fully saturated rings. The lowest BCUT2D eigenvalue weighted by Crippen LogP contribution is -2.38. The summed E-state index contributed by atoms with van der Waals surface area (Å²) in [7, 11) is 0. The van der Waals surface area contributed by atoms with Gasteiger partial charge in [0.25, 0.3) is 0 Å². The van der Waals surface area contributed by atoms with Crippen molar-refractivity contribution in [3.05, 3.63) is 0 Å². The molecule has 0 spiro atoms. The third-order valence-corrected chi connectivity index (χ3v) is 4.24. The second-order valence-corrected chi connectivity index (χ2v) is 5.02. The Balaban J connectivity index is 2.13. The molecule has 0 aromatic heterocycles. The van der Waals surface area contributed by atoms with Crippen molar-refractivity contribution in [2.45, 2.75) is 57.5 Å². The molecule has 0 bridgehead atoms. The lowest BCUT2D eigenvalue weighted by atomic mass is 9.65. The first-order valence-electron chi connectivity index (χ1n) is 5.93. The van der Waals surface area contributed by atoms with Crippen LogP contribution in [0.25, 0.3) is 0 Å². The van der Waals surface area contributed by atoms with E-state index < -0.39 is 0 Å². The first-order chi connectivity index (χ1) is 6.78. The van der Waals surface area contributed by atoms with Crippen LogP contribution >= 0.6 is 0 Å². The summed E-state index contributed by atoms with van der Waals surface area (Å²) in [5.41, 5.74) is -0.159. The molecule has 2 aliphatic rings. The average Bonchev–Trinajstić information content (AvgIpc) is 2.66. The SMILES string of the molecule is O=CC1(C2CCCC2O)CCCCC1. The summed E-state index contributed by atoms with van der Waals surface area (Å²) >= 11 is 0. The molecule has 2 rings (SSSR count). The molecular weight excluding hydrogens is 176 g/mol. The molecule has 2 nitrogen and oxygen atoms in total.